The minimum Gasteiger partial charge on any atom is -0.466 e. The van der Waals surface area contributed by atoms with Gasteiger partial charge in [-0.3, -0.25) is 4.79 Å². The van der Waals surface area contributed by atoms with Crippen LogP contribution in [0.25, 0.3) is 0 Å². The van der Waals surface area contributed by atoms with E-state index >= 15 is 0 Å². The largest absolute Gasteiger partial charge is 0.466 e. The average Bonchev–Trinajstić information content (AvgIpc) is 2.76. The molecule has 160 valence electrons. The number of anilines is 4. The van der Waals surface area contributed by atoms with Crippen LogP contribution in [0.15, 0.2) is 30.6 Å². The molecule has 0 amide bonds. The second-order valence-corrected chi connectivity index (χ2v) is 6.90. The van der Waals surface area contributed by atoms with E-state index in [9.17, 15) is 9.59 Å². The highest BCUT2D eigenvalue weighted by atomic mass is 16.5. The number of benzene rings is 1. The minimum absolute atomic E-state index is 0.0835. The minimum atomic E-state index is -0.362. The maximum absolute atomic E-state index is 11.9. The van der Waals surface area contributed by atoms with Gasteiger partial charge in [0.2, 0.25) is 0 Å². The monoisotopic (exact) mass is 413 g/mol. The van der Waals surface area contributed by atoms with E-state index in [2.05, 4.69) is 20.2 Å². The molecule has 0 aliphatic carbocycles. The van der Waals surface area contributed by atoms with Crippen molar-refractivity contribution in [1.29, 1.82) is 0 Å². The number of nitrogens with two attached hydrogens (primary N) is 1. The highest BCUT2D eigenvalue weighted by Crippen LogP contribution is 2.31. The van der Waals surface area contributed by atoms with Gasteiger partial charge in [-0.1, -0.05) is 0 Å². The van der Waals surface area contributed by atoms with Crippen molar-refractivity contribution in [2.75, 3.05) is 42.3 Å². The number of piperidine rings is 1. The Balaban J connectivity index is 1.67. The zero-order valence-electron chi connectivity index (χ0n) is 17.3. The summed E-state index contributed by atoms with van der Waals surface area (Å²) < 4.78 is 10.1. The first-order valence-corrected chi connectivity index (χ1v) is 10.1. The van der Waals surface area contributed by atoms with Crippen LogP contribution in [0.2, 0.25) is 0 Å². The van der Waals surface area contributed by atoms with Crippen molar-refractivity contribution in [3.8, 4) is 0 Å². The lowest BCUT2D eigenvalue weighted by Gasteiger charge is -2.32. The standard InChI is InChI=1S/C21H27N5O4/c1-3-29-20(27)14-5-7-16(8-6-14)25-18-17(22)19(24-13-23-18)26-11-9-15(10-12-26)21(28)30-4-2/h5-8,13,15H,3-4,9-12,22H2,1-2H3,(H,23,24,25). The first kappa shape index (κ1) is 21.4. The molecule has 1 fully saturated rings. The van der Waals surface area contributed by atoms with Gasteiger partial charge in [0, 0.05) is 18.8 Å². The van der Waals surface area contributed by atoms with Crippen molar-refractivity contribution in [2.45, 2.75) is 26.7 Å². The third-order valence-corrected chi connectivity index (χ3v) is 4.94. The van der Waals surface area contributed by atoms with E-state index in [-0.39, 0.29) is 17.9 Å². The van der Waals surface area contributed by atoms with Gasteiger partial charge in [0.25, 0.3) is 0 Å². The predicted molar refractivity (Wildman–Crippen MR) is 114 cm³/mol. The Morgan fingerprint density at radius 1 is 1.10 bits per heavy atom. The van der Waals surface area contributed by atoms with Gasteiger partial charge >= 0.3 is 11.9 Å². The number of nitrogen functional groups attached to an aromatic ring is 1. The molecule has 9 nitrogen and oxygen atoms in total. The summed E-state index contributed by atoms with van der Waals surface area (Å²) in [6.07, 6.45) is 2.85. The number of esters is 2. The van der Waals surface area contributed by atoms with E-state index in [0.29, 0.717) is 62.0 Å². The molecule has 0 unspecified atom stereocenters. The topological polar surface area (TPSA) is 120 Å². The Labute approximate surface area is 175 Å². The summed E-state index contributed by atoms with van der Waals surface area (Å²) in [5, 5.41) is 3.16. The van der Waals surface area contributed by atoms with Gasteiger partial charge in [0.05, 0.1) is 24.7 Å². The highest BCUT2D eigenvalue weighted by molar-refractivity contribution is 5.90. The molecule has 0 spiro atoms. The molecule has 2 heterocycles. The van der Waals surface area contributed by atoms with E-state index in [1.54, 1.807) is 31.2 Å². The third-order valence-electron chi connectivity index (χ3n) is 4.94. The van der Waals surface area contributed by atoms with Gasteiger partial charge in [-0.05, 0) is 51.0 Å². The Hall–Kier alpha value is -3.36. The zero-order valence-corrected chi connectivity index (χ0v) is 17.3. The van der Waals surface area contributed by atoms with Crippen LogP contribution in [0, 0.1) is 5.92 Å². The van der Waals surface area contributed by atoms with E-state index in [1.165, 1.54) is 6.33 Å². The van der Waals surface area contributed by atoms with Crippen LogP contribution in [-0.2, 0) is 14.3 Å². The van der Waals surface area contributed by atoms with Gasteiger partial charge in [-0.15, -0.1) is 0 Å². The van der Waals surface area contributed by atoms with E-state index in [1.807, 2.05) is 6.92 Å². The first-order valence-electron chi connectivity index (χ1n) is 10.1. The highest BCUT2D eigenvalue weighted by Gasteiger charge is 2.28. The Morgan fingerprint density at radius 3 is 2.40 bits per heavy atom. The molecule has 0 saturated carbocycles. The number of nitrogens with one attached hydrogen (secondary N) is 1. The molecule has 1 aromatic carbocycles. The van der Waals surface area contributed by atoms with E-state index < -0.39 is 0 Å². The Morgan fingerprint density at radius 2 is 1.77 bits per heavy atom. The number of aromatic nitrogens is 2. The zero-order chi connectivity index (χ0) is 21.5. The number of carbonyl (C=O) groups excluding carboxylic acids is 2. The summed E-state index contributed by atoms with van der Waals surface area (Å²) in [6.45, 7) is 5.64. The molecule has 3 N–H and O–H groups in total. The number of carbonyl (C=O) groups is 2. The maximum atomic E-state index is 11.9. The molecular weight excluding hydrogens is 386 g/mol. The van der Waals surface area contributed by atoms with Crippen molar-refractivity contribution in [3.05, 3.63) is 36.2 Å². The second kappa shape index (κ2) is 9.91. The third kappa shape index (κ3) is 4.97. The molecular formula is C21H27N5O4. The summed E-state index contributed by atoms with van der Waals surface area (Å²) >= 11 is 0. The molecule has 1 aliphatic rings. The molecule has 0 atom stereocenters. The van der Waals surface area contributed by atoms with Crippen molar-refractivity contribution < 1.29 is 19.1 Å². The first-order chi connectivity index (χ1) is 14.5. The number of nitrogens with zero attached hydrogens (tertiary/aromatic N) is 3. The Bertz CT molecular complexity index is 879. The summed E-state index contributed by atoms with van der Waals surface area (Å²) in [6, 6.07) is 6.88. The maximum Gasteiger partial charge on any atom is 0.338 e. The van der Waals surface area contributed by atoms with Crippen molar-refractivity contribution in [1.82, 2.24) is 9.97 Å². The summed E-state index contributed by atoms with van der Waals surface area (Å²) in [4.78, 5) is 34.4. The van der Waals surface area contributed by atoms with E-state index in [0.717, 1.165) is 5.69 Å². The van der Waals surface area contributed by atoms with Crippen molar-refractivity contribution in [2.24, 2.45) is 5.92 Å². The summed E-state index contributed by atoms with van der Waals surface area (Å²) in [5.41, 5.74) is 7.97. The predicted octanol–water partition coefficient (Wildman–Crippen LogP) is 2.76. The fourth-order valence-corrected chi connectivity index (χ4v) is 3.37. The van der Waals surface area contributed by atoms with Crippen LogP contribution in [0.1, 0.15) is 37.0 Å². The van der Waals surface area contributed by atoms with Crippen molar-refractivity contribution in [3.63, 3.8) is 0 Å². The van der Waals surface area contributed by atoms with Crippen LogP contribution in [0.4, 0.5) is 23.0 Å². The molecule has 1 saturated heterocycles. The lowest BCUT2D eigenvalue weighted by Crippen LogP contribution is -2.37. The van der Waals surface area contributed by atoms with Crippen LogP contribution >= 0.6 is 0 Å². The second-order valence-electron chi connectivity index (χ2n) is 6.90. The molecule has 1 aliphatic heterocycles. The molecule has 3 rings (SSSR count). The molecule has 0 radical (unpaired) electrons. The molecule has 30 heavy (non-hydrogen) atoms. The molecule has 0 bridgehead atoms. The SMILES string of the molecule is CCOC(=O)c1ccc(Nc2ncnc(N3CCC(C(=O)OCC)CC3)c2N)cc1. The van der Waals surface area contributed by atoms with Gasteiger partial charge in [-0.2, -0.15) is 0 Å². The molecule has 1 aromatic heterocycles. The quantitative estimate of drug-likeness (QED) is 0.660. The number of hydrogen-bond acceptors (Lipinski definition) is 9. The normalized spacial score (nSPS) is 14.3. The fraction of sp³-hybridized carbons (Fsp3) is 0.429. The van der Waals surface area contributed by atoms with Gasteiger partial charge in [-0.25, -0.2) is 14.8 Å². The summed E-state index contributed by atoms with van der Waals surface area (Å²) in [5.74, 6) is 0.537. The lowest BCUT2D eigenvalue weighted by molar-refractivity contribution is -0.148. The smallest absolute Gasteiger partial charge is 0.338 e. The Kier molecular flexibility index (Phi) is 7.05. The van der Waals surface area contributed by atoms with Crippen molar-refractivity contribution >= 4 is 34.9 Å². The lowest BCUT2D eigenvalue weighted by atomic mass is 9.97. The fourth-order valence-electron chi connectivity index (χ4n) is 3.37. The van der Waals surface area contributed by atoms with Crippen LogP contribution in [0.5, 0.6) is 0 Å². The average molecular weight is 413 g/mol. The molecule has 9 heteroatoms. The van der Waals surface area contributed by atoms with Crippen LogP contribution in [-0.4, -0.2) is 48.2 Å². The van der Waals surface area contributed by atoms with Crippen LogP contribution < -0.4 is 16.0 Å². The number of rotatable bonds is 7. The van der Waals surface area contributed by atoms with Gasteiger partial charge in [0.15, 0.2) is 11.6 Å². The number of ether oxygens (including phenoxy) is 2. The van der Waals surface area contributed by atoms with E-state index in [4.69, 9.17) is 15.2 Å². The summed E-state index contributed by atoms with van der Waals surface area (Å²) in [7, 11) is 0. The van der Waals surface area contributed by atoms with Gasteiger partial charge in [0.1, 0.15) is 12.0 Å². The number of hydrogen-bond donors (Lipinski definition) is 2. The molecule has 2 aromatic rings. The van der Waals surface area contributed by atoms with Crippen LogP contribution in [0.3, 0.4) is 0 Å². The van der Waals surface area contributed by atoms with Gasteiger partial charge < -0.3 is 25.4 Å².